The number of nitrogens with one attached hydrogen (secondary N) is 1. The second kappa shape index (κ2) is 9.01. The van der Waals surface area contributed by atoms with Crippen LogP contribution in [0.4, 0.5) is 0 Å². The molecular formula is C17H35N3. The van der Waals surface area contributed by atoms with Gasteiger partial charge in [0.2, 0.25) is 0 Å². The van der Waals surface area contributed by atoms with Gasteiger partial charge in [-0.05, 0) is 71.6 Å². The maximum Gasteiger partial charge on any atom is 0.0235 e. The first kappa shape index (κ1) is 16.3. The molecule has 0 aromatic carbocycles. The molecule has 2 rings (SSSR count). The predicted octanol–water partition coefficient (Wildman–Crippen LogP) is 2.71. The average Bonchev–Trinajstić information content (AvgIpc) is 2.98. The summed E-state index contributed by atoms with van der Waals surface area (Å²) in [4.78, 5) is 5.50. The summed E-state index contributed by atoms with van der Waals surface area (Å²) in [5.41, 5.74) is 0. The lowest BCUT2D eigenvalue weighted by Gasteiger charge is -2.33. The molecule has 0 amide bonds. The zero-order valence-electron chi connectivity index (χ0n) is 13.7. The van der Waals surface area contributed by atoms with Crippen LogP contribution in [-0.4, -0.2) is 61.2 Å². The zero-order chi connectivity index (χ0) is 14.2. The Balaban J connectivity index is 1.61. The highest BCUT2D eigenvalue weighted by molar-refractivity contribution is 4.87. The van der Waals surface area contributed by atoms with Gasteiger partial charge in [-0.25, -0.2) is 0 Å². The molecule has 0 radical (unpaired) electrons. The van der Waals surface area contributed by atoms with Crippen LogP contribution in [0.25, 0.3) is 0 Å². The van der Waals surface area contributed by atoms with Gasteiger partial charge in [0.1, 0.15) is 0 Å². The smallest absolute Gasteiger partial charge is 0.0235 e. The van der Waals surface area contributed by atoms with Crippen LogP contribution in [-0.2, 0) is 0 Å². The summed E-state index contributed by atoms with van der Waals surface area (Å²) in [5, 5.41) is 3.51. The molecule has 0 bridgehead atoms. The molecule has 2 aliphatic rings. The van der Waals surface area contributed by atoms with Crippen molar-refractivity contribution < 1.29 is 0 Å². The Kier molecular flexibility index (Phi) is 7.32. The van der Waals surface area contributed by atoms with Crippen LogP contribution in [0.1, 0.15) is 58.8 Å². The minimum absolute atomic E-state index is 0.771. The fourth-order valence-electron chi connectivity index (χ4n) is 3.76. The molecule has 0 saturated carbocycles. The van der Waals surface area contributed by atoms with Crippen LogP contribution in [0.15, 0.2) is 0 Å². The lowest BCUT2D eigenvalue weighted by atomic mass is 10.1. The third kappa shape index (κ3) is 5.01. The molecule has 2 atom stereocenters. The molecule has 1 N–H and O–H groups in total. The molecule has 118 valence electrons. The third-order valence-corrected chi connectivity index (χ3v) is 5.13. The molecule has 2 saturated heterocycles. The van der Waals surface area contributed by atoms with E-state index in [9.17, 15) is 0 Å². The van der Waals surface area contributed by atoms with Gasteiger partial charge in [0.05, 0.1) is 0 Å². The summed E-state index contributed by atoms with van der Waals surface area (Å²) in [6, 6.07) is 1.63. The van der Waals surface area contributed by atoms with E-state index in [1.54, 1.807) is 0 Å². The second-order valence-electron chi connectivity index (χ2n) is 6.78. The average molecular weight is 281 g/mol. The molecular weight excluding hydrogens is 246 g/mol. The molecule has 0 aromatic heterocycles. The normalized spacial score (nSPS) is 27.0. The van der Waals surface area contributed by atoms with E-state index in [4.69, 9.17) is 0 Å². The van der Waals surface area contributed by atoms with Gasteiger partial charge in [-0.2, -0.15) is 0 Å². The second-order valence-corrected chi connectivity index (χ2v) is 6.78. The first-order chi connectivity index (χ1) is 9.81. The van der Waals surface area contributed by atoms with Gasteiger partial charge in [0.25, 0.3) is 0 Å². The first-order valence-corrected chi connectivity index (χ1v) is 9.00. The van der Waals surface area contributed by atoms with E-state index in [-0.39, 0.29) is 0 Å². The van der Waals surface area contributed by atoms with Crippen LogP contribution < -0.4 is 5.32 Å². The molecule has 2 fully saturated rings. The van der Waals surface area contributed by atoms with Gasteiger partial charge in [-0.1, -0.05) is 13.3 Å². The van der Waals surface area contributed by atoms with Gasteiger partial charge in [-0.15, -0.1) is 0 Å². The van der Waals surface area contributed by atoms with Crippen molar-refractivity contribution in [3.05, 3.63) is 0 Å². The molecule has 2 aliphatic heterocycles. The summed E-state index contributed by atoms with van der Waals surface area (Å²) >= 11 is 0. The lowest BCUT2D eigenvalue weighted by Crippen LogP contribution is -2.42. The number of nitrogens with zero attached hydrogens (tertiary/aromatic N) is 2. The number of hydrogen-bond acceptors (Lipinski definition) is 3. The number of likely N-dealkylation sites (tertiary alicyclic amines) is 2. The van der Waals surface area contributed by atoms with Crippen molar-refractivity contribution >= 4 is 0 Å². The minimum atomic E-state index is 0.771. The van der Waals surface area contributed by atoms with Crippen molar-refractivity contribution in [3.63, 3.8) is 0 Å². The molecule has 2 heterocycles. The van der Waals surface area contributed by atoms with Gasteiger partial charge >= 0.3 is 0 Å². The van der Waals surface area contributed by atoms with Crippen molar-refractivity contribution in [1.29, 1.82) is 0 Å². The fourth-order valence-corrected chi connectivity index (χ4v) is 3.76. The Morgan fingerprint density at radius 1 is 1.10 bits per heavy atom. The summed E-state index contributed by atoms with van der Waals surface area (Å²) in [5.74, 6) is 0. The summed E-state index contributed by atoms with van der Waals surface area (Å²) < 4.78 is 0. The van der Waals surface area contributed by atoms with Gasteiger partial charge in [-0.3, -0.25) is 9.80 Å². The Labute approximate surface area is 126 Å². The SMILES string of the molecule is CCCNCCCC(C)N1CCC(N2CCCCC2)C1. The molecule has 2 unspecified atom stereocenters. The van der Waals surface area contributed by atoms with Crippen molar-refractivity contribution in [2.75, 3.05) is 39.3 Å². The molecule has 3 heteroatoms. The third-order valence-electron chi connectivity index (χ3n) is 5.13. The number of hydrogen-bond donors (Lipinski definition) is 1. The maximum absolute atomic E-state index is 3.51. The molecule has 3 nitrogen and oxygen atoms in total. The molecule has 0 aliphatic carbocycles. The van der Waals surface area contributed by atoms with Crippen molar-refractivity contribution in [1.82, 2.24) is 15.1 Å². The highest BCUT2D eigenvalue weighted by atomic mass is 15.3. The Morgan fingerprint density at radius 3 is 2.65 bits per heavy atom. The van der Waals surface area contributed by atoms with E-state index >= 15 is 0 Å². The van der Waals surface area contributed by atoms with E-state index in [1.165, 1.54) is 84.2 Å². The first-order valence-electron chi connectivity index (χ1n) is 9.00. The van der Waals surface area contributed by atoms with Gasteiger partial charge in [0.15, 0.2) is 0 Å². The topological polar surface area (TPSA) is 18.5 Å². The van der Waals surface area contributed by atoms with E-state index in [2.05, 4.69) is 29.0 Å². The lowest BCUT2D eigenvalue weighted by molar-refractivity contribution is 0.152. The van der Waals surface area contributed by atoms with Crippen molar-refractivity contribution in [3.8, 4) is 0 Å². The molecule has 0 spiro atoms. The van der Waals surface area contributed by atoms with Crippen LogP contribution in [0, 0.1) is 0 Å². The number of rotatable bonds is 8. The standard InChI is InChI=1S/C17H35N3/c1-3-10-18-11-7-8-16(2)20-14-9-17(15-20)19-12-5-4-6-13-19/h16-18H,3-15H2,1-2H3. The maximum atomic E-state index is 3.51. The van der Waals surface area contributed by atoms with E-state index in [0.717, 1.165) is 12.1 Å². The van der Waals surface area contributed by atoms with Crippen LogP contribution in [0.5, 0.6) is 0 Å². The van der Waals surface area contributed by atoms with Crippen LogP contribution in [0.3, 0.4) is 0 Å². The van der Waals surface area contributed by atoms with Crippen LogP contribution >= 0.6 is 0 Å². The van der Waals surface area contributed by atoms with Crippen molar-refractivity contribution in [2.24, 2.45) is 0 Å². The predicted molar refractivity (Wildman–Crippen MR) is 87.3 cm³/mol. The highest BCUT2D eigenvalue weighted by Crippen LogP contribution is 2.22. The van der Waals surface area contributed by atoms with Gasteiger partial charge < -0.3 is 5.32 Å². The van der Waals surface area contributed by atoms with Crippen LogP contribution in [0.2, 0.25) is 0 Å². The van der Waals surface area contributed by atoms with E-state index in [1.807, 2.05) is 0 Å². The van der Waals surface area contributed by atoms with Crippen molar-refractivity contribution in [2.45, 2.75) is 70.9 Å². The summed E-state index contributed by atoms with van der Waals surface area (Å²) in [6.45, 7) is 12.4. The summed E-state index contributed by atoms with van der Waals surface area (Å²) in [6.07, 6.45) is 9.63. The summed E-state index contributed by atoms with van der Waals surface area (Å²) in [7, 11) is 0. The van der Waals surface area contributed by atoms with E-state index in [0.29, 0.717) is 0 Å². The quantitative estimate of drug-likeness (QED) is 0.690. The Hall–Kier alpha value is -0.120. The number of piperidine rings is 1. The Morgan fingerprint density at radius 2 is 1.90 bits per heavy atom. The fraction of sp³-hybridized carbons (Fsp3) is 1.00. The molecule has 0 aromatic rings. The monoisotopic (exact) mass is 281 g/mol. The zero-order valence-corrected chi connectivity index (χ0v) is 13.7. The largest absolute Gasteiger partial charge is 0.317 e. The molecule has 20 heavy (non-hydrogen) atoms. The van der Waals surface area contributed by atoms with Gasteiger partial charge in [0, 0.05) is 25.2 Å². The minimum Gasteiger partial charge on any atom is -0.317 e. The van der Waals surface area contributed by atoms with E-state index < -0.39 is 0 Å². The highest BCUT2D eigenvalue weighted by Gasteiger charge is 2.30. The Bertz CT molecular complexity index is 251.